The van der Waals surface area contributed by atoms with Crippen LogP contribution in [-0.2, 0) is 0 Å². The van der Waals surface area contributed by atoms with E-state index in [1.54, 1.807) is 0 Å². The van der Waals surface area contributed by atoms with Gasteiger partial charge in [0.05, 0.1) is 6.10 Å². The van der Waals surface area contributed by atoms with E-state index in [2.05, 4.69) is 15.9 Å². The molecule has 1 aliphatic carbocycles. The molecule has 0 amide bonds. The Hall–Kier alpha value is -0.0500. The molecular weight excluding hydrogens is 263 g/mol. The highest BCUT2D eigenvalue weighted by Gasteiger charge is 2.25. The molecule has 1 N–H and O–H groups in total. The fraction of sp³-hybridized carbons (Fsp3) is 0.455. The number of hydrogen-bond acceptors (Lipinski definition) is 1. The van der Waals surface area contributed by atoms with E-state index >= 15 is 0 Å². The molecule has 0 radical (unpaired) electrons. The summed E-state index contributed by atoms with van der Waals surface area (Å²) in [6, 6.07) is 5.59. The van der Waals surface area contributed by atoms with Gasteiger partial charge < -0.3 is 5.11 Å². The van der Waals surface area contributed by atoms with Crippen LogP contribution in [0.25, 0.3) is 0 Å². The van der Waals surface area contributed by atoms with Crippen LogP contribution in [0.5, 0.6) is 0 Å². The minimum absolute atomic E-state index is 0.363. The first kappa shape index (κ1) is 10.5. The molecule has 0 spiro atoms. The summed E-state index contributed by atoms with van der Waals surface area (Å²) in [6.07, 6.45) is 3.03. The molecular formula is C11H12BrClO. The highest BCUT2D eigenvalue weighted by atomic mass is 79.9. The van der Waals surface area contributed by atoms with E-state index in [1.165, 1.54) is 12.8 Å². The molecule has 1 saturated carbocycles. The molecule has 3 heteroatoms. The molecule has 1 fully saturated rings. The first-order valence-electron chi connectivity index (χ1n) is 4.79. The van der Waals surface area contributed by atoms with Crippen LogP contribution in [0.3, 0.4) is 0 Å². The van der Waals surface area contributed by atoms with Crippen LogP contribution < -0.4 is 0 Å². The highest BCUT2D eigenvalue weighted by molar-refractivity contribution is 9.10. The van der Waals surface area contributed by atoms with Gasteiger partial charge in [-0.3, -0.25) is 0 Å². The molecule has 1 atom stereocenters. The van der Waals surface area contributed by atoms with Gasteiger partial charge in [0.15, 0.2) is 0 Å². The van der Waals surface area contributed by atoms with Gasteiger partial charge in [-0.2, -0.15) is 0 Å². The van der Waals surface area contributed by atoms with Crippen LogP contribution in [0.4, 0.5) is 0 Å². The second-order valence-electron chi connectivity index (χ2n) is 3.90. The first-order valence-corrected chi connectivity index (χ1v) is 5.96. The highest BCUT2D eigenvalue weighted by Crippen LogP contribution is 2.38. The number of halogens is 2. The molecule has 0 saturated heterocycles. The Morgan fingerprint density at radius 2 is 2.14 bits per heavy atom. The lowest BCUT2D eigenvalue weighted by Gasteiger charge is -2.11. The van der Waals surface area contributed by atoms with Gasteiger partial charge in [0.25, 0.3) is 0 Å². The third-order valence-corrected chi connectivity index (χ3v) is 3.20. The lowest BCUT2D eigenvalue weighted by Crippen LogP contribution is -1.98. The molecule has 76 valence electrons. The summed E-state index contributed by atoms with van der Waals surface area (Å²) in [5, 5.41) is 10.6. The molecule has 0 aliphatic heterocycles. The molecule has 1 aliphatic rings. The first-order chi connectivity index (χ1) is 6.65. The Balaban J connectivity index is 2.12. The maximum absolute atomic E-state index is 9.90. The maximum Gasteiger partial charge on any atom is 0.0793 e. The average Bonchev–Trinajstić information content (AvgIpc) is 2.86. The summed E-state index contributed by atoms with van der Waals surface area (Å²) in [5.41, 5.74) is 0.913. The zero-order valence-corrected chi connectivity index (χ0v) is 10.1. The van der Waals surface area contributed by atoms with E-state index in [4.69, 9.17) is 11.6 Å². The normalized spacial score (nSPS) is 18.2. The monoisotopic (exact) mass is 274 g/mol. The number of hydrogen-bond donors (Lipinski definition) is 1. The van der Waals surface area contributed by atoms with Crippen molar-refractivity contribution in [2.75, 3.05) is 0 Å². The van der Waals surface area contributed by atoms with Crippen molar-refractivity contribution in [1.29, 1.82) is 0 Å². The van der Waals surface area contributed by atoms with Gasteiger partial charge in [0, 0.05) is 9.50 Å². The van der Waals surface area contributed by atoms with Crippen molar-refractivity contribution < 1.29 is 5.11 Å². The lowest BCUT2D eigenvalue weighted by atomic mass is 10.0. The molecule has 1 aromatic rings. The smallest absolute Gasteiger partial charge is 0.0793 e. The van der Waals surface area contributed by atoms with Crippen molar-refractivity contribution in [2.24, 2.45) is 5.92 Å². The number of aliphatic hydroxyl groups is 1. The predicted octanol–water partition coefficient (Wildman–Crippen LogP) is 3.94. The van der Waals surface area contributed by atoms with Crippen LogP contribution in [0.1, 0.15) is 30.9 Å². The van der Waals surface area contributed by atoms with E-state index in [-0.39, 0.29) is 6.10 Å². The van der Waals surface area contributed by atoms with Gasteiger partial charge >= 0.3 is 0 Å². The van der Waals surface area contributed by atoms with Crippen molar-refractivity contribution in [3.63, 3.8) is 0 Å². The summed E-state index contributed by atoms with van der Waals surface area (Å²) >= 11 is 9.27. The Labute approximate surface area is 97.2 Å². The quantitative estimate of drug-likeness (QED) is 0.886. The van der Waals surface area contributed by atoms with E-state index < -0.39 is 0 Å². The lowest BCUT2D eigenvalue weighted by molar-refractivity contribution is 0.160. The van der Waals surface area contributed by atoms with Crippen molar-refractivity contribution in [1.82, 2.24) is 0 Å². The van der Waals surface area contributed by atoms with E-state index in [0.717, 1.165) is 22.4 Å². The SMILES string of the molecule is OC(CC1CC1)c1cc(Cl)cc(Br)c1. The molecule has 0 bridgehead atoms. The molecule has 2 rings (SSSR count). The van der Waals surface area contributed by atoms with Crippen LogP contribution in [0.2, 0.25) is 5.02 Å². The summed E-state index contributed by atoms with van der Waals surface area (Å²) in [5.74, 6) is 0.725. The Bertz CT molecular complexity index is 316. The average molecular weight is 276 g/mol. The fourth-order valence-corrected chi connectivity index (χ4v) is 2.46. The van der Waals surface area contributed by atoms with Gasteiger partial charge in [-0.05, 0) is 36.1 Å². The van der Waals surface area contributed by atoms with Crippen molar-refractivity contribution in [3.8, 4) is 0 Å². The van der Waals surface area contributed by atoms with Crippen LogP contribution in [0, 0.1) is 5.92 Å². The van der Waals surface area contributed by atoms with Gasteiger partial charge in [-0.1, -0.05) is 40.4 Å². The summed E-state index contributed by atoms with van der Waals surface area (Å²) in [6.45, 7) is 0. The second-order valence-corrected chi connectivity index (χ2v) is 5.25. The van der Waals surface area contributed by atoms with E-state index in [1.807, 2.05) is 18.2 Å². The molecule has 0 aromatic heterocycles. The third kappa shape index (κ3) is 2.72. The van der Waals surface area contributed by atoms with Crippen LogP contribution in [0.15, 0.2) is 22.7 Å². The Kier molecular flexibility index (Phi) is 3.15. The minimum atomic E-state index is -0.363. The summed E-state index contributed by atoms with van der Waals surface area (Å²) in [7, 11) is 0. The second kappa shape index (κ2) is 4.21. The molecule has 1 aromatic carbocycles. The van der Waals surface area contributed by atoms with Gasteiger partial charge in [0.1, 0.15) is 0 Å². The predicted molar refractivity (Wildman–Crippen MR) is 61.5 cm³/mol. The maximum atomic E-state index is 9.90. The molecule has 0 heterocycles. The van der Waals surface area contributed by atoms with Crippen LogP contribution >= 0.6 is 27.5 Å². The summed E-state index contributed by atoms with van der Waals surface area (Å²) in [4.78, 5) is 0. The molecule has 1 nitrogen and oxygen atoms in total. The number of benzene rings is 1. The van der Waals surface area contributed by atoms with Crippen LogP contribution in [-0.4, -0.2) is 5.11 Å². The fourth-order valence-electron chi connectivity index (χ4n) is 1.57. The zero-order valence-electron chi connectivity index (χ0n) is 7.71. The molecule has 14 heavy (non-hydrogen) atoms. The Morgan fingerprint density at radius 3 is 2.71 bits per heavy atom. The zero-order chi connectivity index (χ0) is 10.1. The van der Waals surface area contributed by atoms with Crippen molar-refractivity contribution in [3.05, 3.63) is 33.3 Å². The molecule has 1 unspecified atom stereocenters. The van der Waals surface area contributed by atoms with Crippen molar-refractivity contribution in [2.45, 2.75) is 25.4 Å². The minimum Gasteiger partial charge on any atom is -0.388 e. The summed E-state index contributed by atoms with van der Waals surface area (Å²) < 4.78 is 0.926. The third-order valence-electron chi connectivity index (χ3n) is 2.52. The van der Waals surface area contributed by atoms with E-state index in [0.29, 0.717) is 5.02 Å². The largest absolute Gasteiger partial charge is 0.388 e. The topological polar surface area (TPSA) is 20.2 Å². The number of rotatable bonds is 3. The number of aliphatic hydroxyl groups excluding tert-OH is 1. The van der Waals surface area contributed by atoms with Gasteiger partial charge in [-0.25, -0.2) is 0 Å². The van der Waals surface area contributed by atoms with Gasteiger partial charge in [-0.15, -0.1) is 0 Å². The standard InChI is InChI=1S/C11H12BrClO/c12-9-4-8(5-10(13)6-9)11(14)3-7-1-2-7/h4-7,11,14H,1-3H2. The Morgan fingerprint density at radius 1 is 1.43 bits per heavy atom. The van der Waals surface area contributed by atoms with Crippen molar-refractivity contribution >= 4 is 27.5 Å². The van der Waals surface area contributed by atoms with E-state index in [9.17, 15) is 5.11 Å². The van der Waals surface area contributed by atoms with Gasteiger partial charge in [0.2, 0.25) is 0 Å².